The van der Waals surface area contributed by atoms with Gasteiger partial charge >= 0.3 is 35.0 Å². The minimum absolute atomic E-state index is 0. The molecular formula is C2H2F2MgO4. The largest absolute Gasteiger partial charge is 0.459 e. The van der Waals surface area contributed by atoms with E-state index in [1.165, 1.54) is 0 Å². The SMILES string of the molecule is O=C(OF)C(=O)OF.[MgH2]. The maximum atomic E-state index is 10.5. The Bertz CT molecular complexity index is 101. The average molecular weight is 152 g/mol. The normalized spacial score (nSPS) is 6.89. The molecule has 0 unspecified atom stereocenters. The van der Waals surface area contributed by atoms with E-state index < -0.39 is 11.9 Å². The van der Waals surface area contributed by atoms with Crippen molar-refractivity contribution < 1.29 is 28.5 Å². The van der Waals surface area contributed by atoms with Crippen molar-refractivity contribution in [3.8, 4) is 0 Å². The second-order valence-corrected chi connectivity index (χ2v) is 0.729. The minimum atomic E-state index is -2.02. The molecule has 0 aliphatic heterocycles. The van der Waals surface area contributed by atoms with Crippen LogP contribution in [0.15, 0.2) is 0 Å². The van der Waals surface area contributed by atoms with Crippen molar-refractivity contribution in [1.82, 2.24) is 0 Å². The van der Waals surface area contributed by atoms with Gasteiger partial charge < -0.3 is 0 Å². The number of carbonyl (C=O) groups excluding carboxylic acids is 2. The Hall–Kier alpha value is -0.434. The lowest BCUT2D eigenvalue weighted by Gasteiger charge is -1.82. The van der Waals surface area contributed by atoms with E-state index in [9.17, 15) is 18.6 Å². The second-order valence-electron chi connectivity index (χ2n) is 0.729. The van der Waals surface area contributed by atoms with Gasteiger partial charge in [-0.25, -0.2) is 19.5 Å². The van der Waals surface area contributed by atoms with Gasteiger partial charge in [-0.3, -0.25) is 0 Å². The predicted molar refractivity (Wildman–Crippen MR) is 22.9 cm³/mol. The smallest absolute Gasteiger partial charge is 0.242 e. The first kappa shape index (κ1) is 11.4. The van der Waals surface area contributed by atoms with E-state index in [2.05, 4.69) is 9.88 Å². The van der Waals surface area contributed by atoms with E-state index in [0.29, 0.717) is 0 Å². The summed E-state index contributed by atoms with van der Waals surface area (Å²) in [4.78, 5) is 23.4. The van der Waals surface area contributed by atoms with Crippen molar-refractivity contribution >= 4 is 35.0 Å². The van der Waals surface area contributed by atoms with E-state index in [1.807, 2.05) is 0 Å². The molecule has 0 fully saturated rings. The van der Waals surface area contributed by atoms with Gasteiger partial charge in [-0.05, 0) is 0 Å². The minimum Gasteiger partial charge on any atom is -0.242 e. The summed E-state index contributed by atoms with van der Waals surface area (Å²) in [6, 6.07) is 0. The molecule has 0 aromatic heterocycles. The fourth-order valence-electron chi connectivity index (χ4n) is 0.0630. The molecule has 0 N–H and O–H groups in total. The lowest BCUT2D eigenvalue weighted by molar-refractivity contribution is -0.212. The zero-order valence-corrected chi connectivity index (χ0v) is 3.39. The second kappa shape index (κ2) is 5.70. The van der Waals surface area contributed by atoms with Gasteiger partial charge in [-0.15, -0.1) is 0 Å². The number of hydrogen-bond donors (Lipinski definition) is 0. The maximum absolute atomic E-state index is 10.5. The number of rotatable bonds is 0. The van der Waals surface area contributed by atoms with Crippen molar-refractivity contribution in [2.45, 2.75) is 0 Å². The van der Waals surface area contributed by atoms with Crippen LogP contribution in [0.3, 0.4) is 0 Å². The molecule has 0 heterocycles. The van der Waals surface area contributed by atoms with Crippen LogP contribution in [0.4, 0.5) is 9.05 Å². The van der Waals surface area contributed by atoms with Crippen LogP contribution in [0.1, 0.15) is 0 Å². The first-order valence-electron chi connectivity index (χ1n) is 1.38. The van der Waals surface area contributed by atoms with Crippen LogP contribution in [0.5, 0.6) is 0 Å². The van der Waals surface area contributed by atoms with Crippen molar-refractivity contribution in [3.05, 3.63) is 0 Å². The Morgan fingerprint density at radius 3 is 1.33 bits per heavy atom. The highest BCUT2D eigenvalue weighted by molar-refractivity contribution is 6.29. The molecule has 0 spiro atoms. The highest BCUT2D eigenvalue weighted by atomic mass is 24.3. The highest BCUT2D eigenvalue weighted by Gasteiger charge is 2.18. The standard InChI is InChI=1S/C2F2O4.Mg.2H/c3-7-1(5)2(6)8-4;;;. The van der Waals surface area contributed by atoms with Crippen LogP contribution in [0.25, 0.3) is 0 Å². The van der Waals surface area contributed by atoms with Crippen molar-refractivity contribution in [2.75, 3.05) is 0 Å². The van der Waals surface area contributed by atoms with Gasteiger partial charge in [0, 0.05) is 9.05 Å². The molecule has 0 saturated heterocycles. The summed E-state index contributed by atoms with van der Waals surface area (Å²) in [5.74, 6) is -4.04. The molecule has 9 heavy (non-hydrogen) atoms. The van der Waals surface area contributed by atoms with E-state index in [1.54, 1.807) is 0 Å². The molecule has 0 aromatic rings. The third-order valence-corrected chi connectivity index (χ3v) is 0.307. The molecule has 7 heteroatoms. The van der Waals surface area contributed by atoms with Crippen LogP contribution in [0.2, 0.25) is 0 Å². The lowest BCUT2D eigenvalue weighted by Crippen LogP contribution is -2.13. The van der Waals surface area contributed by atoms with Crippen molar-refractivity contribution in [1.29, 1.82) is 0 Å². The molecule has 0 amide bonds. The Kier molecular flexibility index (Phi) is 7.20. The highest BCUT2D eigenvalue weighted by Crippen LogP contribution is 1.83. The van der Waals surface area contributed by atoms with Gasteiger partial charge in [0.25, 0.3) is 0 Å². The molecule has 0 aromatic carbocycles. The fourth-order valence-corrected chi connectivity index (χ4v) is 0.0630. The maximum Gasteiger partial charge on any atom is 0.459 e. The summed E-state index contributed by atoms with van der Waals surface area (Å²) in [5.41, 5.74) is 0. The monoisotopic (exact) mass is 152 g/mol. The molecule has 4 nitrogen and oxygen atoms in total. The zero-order valence-electron chi connectivity index (χ0n) is 3.39. The summed E-state index contributed by atoms with van der Waals surface area (Å²) < 4.78 is 21.0. The van der Waals surface area contributed by atoms with Crippen LogP contribution in [-0.4, -0.2) is 35.0 Å². The van der Waals surface area contributed by atoms with Crippen molar-refractivity contribution in [3.63, 3.8) is 0 Å². The van der Waals surface area contributed by atoms with E-state index >= 15 is 0 Å². The predicted octanol–water partition coefficient (Wildman–Crippen LogP) is -1.07. The molecule has 0 aliphatic rings. The molecule has 50 valence electrons. The summed E-state index contributed by atoms with van der Waals surface area (Å²) >= 11 is 0. The summed E-state index contributed by atoms with van der Waals surface area (Å²) in [6.45, 7) is 0. The van der Waals surface area contributed by atoms with Gasteiger partial charge in [-0.2, -0.15) is 0 Å². The van der Waals surface area contributed by atoms with Crippen LogP contribution < -0.4 is 0 Å². The zero-order chi connectivity index (χ0) is 6.57. The van der Waals surface area contributed by atoms with Crippen LogP contribution in [0, 0.1) is 0 Å². The number of hydrogen-bond acceptors (Lipinski definition) is 4. The Labute approximate surface area is 64.1 Å². The van der Waals surface area contributed by atoms with Gasteiger partial charge in [0.2, 0.25) is 0 Å². The molecule has 0 saturated carbocycles. The first-order valence-corrected chi connectivity index (χ1v) is 1.38. The van der Waals surface area contributed by atoms with Gasteiger partial charge in [-0.1, -0.05) is 0 Å². The molecule has 0 aliphatic carbocycles. The molecule has 0 bridgehead atoms. The molecule has 0 rings (SSSR count). The average Bonchev–Trinajstić information content (AvgIpc) is 1.84. The Morgan fingerprint density at radius 1 is 1.00 bits per heavy atom. The number of carbonyl (C=O) groups is 2. The third-order valence-electron chi connectivity index (χ3n) is 0.307. The Morgan fingerprint density at radius 2 is 1.22 bits per heavy atom. The van der Waals surface area contributed by atoms with E-state index in [-0.39, 0.29) is 23.1 Å². The van der Waals surface area contributed by atoms with Crippen LogP contribution in [-0.2, 0) is 19.5 Å². The van der Waals surface area contributed by atoms with Crippen LogP contribution >= 0.6 is 0 Å². The van der Waals surface area contributed by atoms with Gasteiger partial charge in [0.05, 0.1) is 0 Å². The summed E-state index contributed by atoms with van der Waals surface area (Å²) in [6.07, 6.45) is 0. The molecule has 0 atom stereocenters. The summed E-state index contributed by atoms with van der Waals surface area (Å²) in [5, 5.41) is 0. The number of halogens is 2. The van der Waals surface area contributed by atoms with Gasteiger partial charge in [0.1, 0.15) is 0 Å². The first-order chi connectivity index (χ1) is 3.72. The molecule has 0 radical (unpaired) electrons. The van der Waals surface area contributed by atoms with Crippen molar-refractivity contribution in [2.24, 2.45) is 0 Å². The van der Waals surface area contributed by atoms with E-state index in [0.717, 1.165) is 0 Å². The van der Waals surface area contributed by atoms with E-state index in [4.69, 9.17) is 0 Å². The lowest BCUT2D eigenvalue weighted by atomic mass is 10.7. The Balaban J connectivity index is 0. The fraction of sp³-hybridized carbons (Fsp3) is 0. The molecular weight excluding hydrogens is 150 g/mol. The van der Waals surface area contributed by atoms with Gasteiger partial charge in [0.15, 0.2) is 0 Å². The topological polar surface area (TPSA) is 52.6 Å². The summed E-state index contributed by atoms with van der Waals surface area (Å²) in [7, 11) is 0. The third kappa shape index (κ3) is 4.09. The quantitative estimate of drug-likeness (QED) is 0.327.